The largest absolute Gasteiger partial charge is 0.458 e. The molecule has 7 heteroatoms. The molecule has 0 radical (unpaired) electrons. The SMILES string of the molecule is CN1C[C@H](NOC(C)(C)C(=O)OC(C)(C)C)CC[C@H]1C(N)=O. The van der Waals surface area contributed by atoms with Crippen molar-refractivity contribution in [1.82, 2.24) is 10.4 Å². The highest BCUT2D eigenvalue weighted by Crippen LogP contribution is 2.19. The molecule has 0 aromatic heterocycles. The van der Waals surface area contributed by atoms with Crippen molar-refractivity contribution in [2.24, 2.45) is 5.73 Å². The van der Waals surface area contributed by atoms with Crippen molar-refractivity contribution in [2.75, 3.05) is 13.6 Å². The molecular formula is C15H29N3O4. The summed E-state index contributed by atoms with van der Waals surface area (Å²) in [5.74, 6) is -0.734. The fourth-order valence-corrected chi connectivity index (χ4v) is 2.27. The number of hydrogen-bond donors (Lipinski definition) is 2. The zero-order chi connectivity index (χ0) is 17.1. The van der Waals surface area contributed by atoms with E-state index in [1.807, 2.05) is 32.7 Å². The molecule has 1 saturated heterocycles. The van der Waals surface area contributed by atoms with Crippen LogP contribution in [0.4, 0.5) is 0 Å². The van der Waals surface area contributed by atoms with E-state index in [4.69, 9.17) is 15.3 Å². The number of amides is 1. The molecule has 1 amide bonds. The number of ether oxygens (including phenoxy) is 1. The third-order valence-corrected chi connectivity index (χ3v) is 3.53. The monoisotopic (exact) mass is 315 g/mol. The average Bonchev–Trinajstić information content (AvgIpc) is 2.34. The van der Waals surface area contributed by atoms with Gasteiger partial charge in [0.2, 0.25) is 5.91 Å². The van der Waals surface area contributed by atoms with Crippen LogP contribution in [0, 0.1) is 0 Å². The van der Waals surface area contributed by atoms with E-state index in [0.717, 1.165) is 6.42 Å². The van der Waals surface area contributed by atoms with Crippen molar-refractivity contribution in [3.05, 3.63) is 0 Å². The number of hydrogen-bond acceptors (Lipinski definition) is 6. The molecule has 0 aromatic carbocycles. The normalized spacial score (nSPS) is 24.1. The Labute approximate surface area is 132 Å². The van der Waals surface area contributed by atoms with Crippen molar-refractivity contribution in [1.29, 1.82) is 0 Å². The summed E-state index contributed by atoms with van der Waals surface area (Å²) < 4.78 is 5.34. The van der Waals surface area contributed by atoms with Crippen molar-refractivity contribution in [3.63, 3.8) is 0 Å². The molecule has 1 aliphatic heterocycles. The summed E-state index contributed by atoms with van der Waals surface area (Å²) in [5.41, 5.74) is 6.63. The Hall–Kier alpha value is -1.18. The molecule has 1 aliphatic rings. The highest BCUT2D eigenvalue weighted by molar-refractivity contribution is 5.80. The molecule has 0 unspecified atom stereocenters. The maximum atomic E-state index is 12.1. The first kappa shape index (κ1) is 18.9. The summed E-state index contributed by atoms with van der Waals surface area (Å²) in [6, 6.07) is -0.209. The Bertz CT molecular complexity index is 418. The molecule has 0 aromatic rings. The first-order valence-electron chi connectivity index (χ1n) is 7.59. The lowest BCUT2D eigenvalue weighted by molar-refractivity contribution is -0.191. The number of primary amides is 1. The van der Waals surface area contributed by atoms with Crippen LogP contribution in [0.5, 0.6) is 0 Å². The van der Waals surface area contributed by atoms with Crippen LogP contribution in [0.1, 0.15) is 47.5 Å². The van der Waals surface area contributed by atoms with Gasteiger partial charge in [0.15, 0.2) is 5.60 Å². The second-order valence-corrected chi connectivity index (χ2v) is 7.36. The minimum absolute atomic E-state index is 0.0299. The van der Waals surface area contributed by atoms with Crippen LogP contribution in [0.2, 0.25) is 0 Å². The molecule has 0 spiro atoms. The molecule has 2 atom stereocenters. The van der Waals surface area contributed by atoms with Crippen LogP contribution < -0.4 is 11.2 Å². The zero-order valence-electron chi connectivity index (χ0n) is 14.4. The number of carbonyl (C=O) groups excluding carboxylic acids is 2. The van der Waals surface area contributed by atoms with Crippen LogP contribution >= 0.6 is 0 Å². The number of esters is 1. The fourth-order valence-electron chi connectivity index (χ4n) is 2.27. The molecular weight excluding hydrogens is 286 g/mol. The van der Waals surface area contributed by atoms with Crippen LogP contribution in [0.25, 0.3) is 0 Å². The van der Waals surface area contributed by atoms with Crippen LogP contribution in [0.3, 0.4) is 0 Å². The minimum atomic E-state index is -1.09. The van der Waals surface area contributed by atoms with Gasteiger partial charge in [-0.3, -0.25) is 14.5 Å². The second kappa shape index (κ2) is 6.93. The van der Waals surface area contributed by atoms with Gasteiger partial charge >= 0.3 is 5.97 Å². The van der Waals surface area contributed by atoms with Crippen LogP contribution in [0.15, 0.2) is 0 Å². The van der Waals surface area contributed by atoms with Crippen molar-refractivity contribution in [2.45, 2.75) is 70.7 Å². The third-order valence-electron chi connectivity index (χ3n) is 3.53. The average molecular weight is 315 g/mol. The van der Waals surface area contributed by atoms with Gasteiger partial charge in [-0.25, -0.2) is 4.79 Å². The van der Waals surface area contributed by atoms with Crippen LogP contribution in [-0.4, -0.2) is 53.7 Å². The zero-order valence-corrected chi connectivity index (χ0v) is 14.4. The summed E-state index contributed by atoms with van der Waals surface area (Å²) in [7, 11) is 1.85. The van der Waals surface area contributed by atoms with Gasteiger partial charge in [-0.1, -0.05) is 0 Å². The van der Waals surface area contributed by atoms with Gasteiger partial charge in [-0.15, -0.1) is 0 Å². The van der Waals surface area contributed by atoms with E-state index in [1.165, 1.54) is 0 Å². The molecule has 128 valence electrons. The Kier molecular flexibility index (Phi) is 5.95. The first-order valence-corrected chi connectivity index (χ1v) is 7.59. The van der Waals surface area contributed by atoms with E-state index in [2.05, 4.69) is 5.48 Å². The van der Waals surface area contributed by atoms with E-state index in [-0.39, 0.29) is 18.0 Å². The van der Waals surface area contributed by atoms with E-state index in [1.54, 1.807) is 13.8 Å². The molecule has 22 heavy (non-hydrogen) atoms. The summed E-state index contributed by atoms with van der Waals surface area (Å²) in [6.07, 6.45) is 1.42. The first-order chi connectivity index (χ1) is 9.92. The topological polar surface area (TPSA) is 93.9 Å². The van der Waals surface area contributed by atoms with E-state index in [0.29, 0.717) is 13.0 Å². The predicted octanol–water partition coefficient (Wildman–Crippen LogP) is 0.576. The maximum Gasteiger partial charge on any atom is 0.340 e. The van der Waals surface area contributed by atoms with Crippen molar-refractivity contribution in [3.8, 4) is 0 Å². The van der Waals surface area contributed by atoms with E-state index < -0.39 is 17.2 Å². The van der Waals surface area contributed by atoms with E-state index in [9.17, 15) is 9.59 Å². The number of piperidine rings is 1. The summed E-state index contributed by atoms with van der Waals surface area (Å²) in [4.78, 5) is 30.8. The van der Waals surface area contributed by atoms with Gasteiger partial charge in [0, 0.05) is 12.6 Å². The molecule has 7 nitrogen and oxygen atoms in total. The molecule has 0 bridgehead atoms. The fraction of sp³-hybridized carbons (Fsp3) is 0.867. The Morgan fingerprint density at radius 3 is 2.23 bits per heavy atom. The molecule has 1 heterocycles. The molecule has 3 N–H and O–H groups in total. The van der Waals surface area contributed by atoms with Gasteiger partial charge in [-0.2, -0.15) is 5.48 Å². The lowest BCUT2D eigenvalue weighted by Crippen LogP contribution is -2.55. The van der Waals surface area contributed by atoms with Gasteiger partial charge in [0.25, 0.3) is 0 Å². The number of hydroxylamine groups is 1. The summed E-state index contributed by atoms with van der Waals surface area (Å²) in [6.45, 7) is 9.38. The molecule has 0 aliphatic carbocycles. The number of likely N-dealkylation sites (N-methyl/N-ethyl adjacent to an activating group) is 1. The Balaban J connectivity index is 2.49. The van der Waals surface area contributed by atoms with E-state index >= 15 is 0 Å². The van der Waals surface area contributed by atoms with Crippen LogP contribution in [-0.2, 0) is 19.2 Å². The van der Waals surface area contributed by atoms with Gasteiger partial charge in [-0.05, 0) is 54.5 Å². The van der Waals surface area contributed by atoms with Gasteiger partial charge in [0.05, 0.1) is 6.04 Å². The number of carbonyl (C=O) groups is 2. The summed E-state index contributed by atoms with van der Waals surface area (Å²) in [5, 5.41) is 0. The number of nitrogens with two attached hydrogens (primary N) is 1. The number of nitrogens with zero attached hydrogens (tertiary/aromatic N) is 1. The Morgan fingerprint density at radius 1 is 1.18 bits per heavy atom. The minimum Gasteiger partial charge on any atom is -0.458 e. The molecule has 1 fully saturated rings. The molecule has 1 rings (SSSR count). The maximum absolute atomic E-state index is 12.1. The Morgan fingerprint density at radius 2 is 1.77 bits per heavy atom. The summed E-state index contributed by atoms with van der Waals surface area (Å²) >= 11 is 0. The highest BCUT2D eigenvalue weighted by Gasteiger charge is 2.36. The lowest BCUT2D eigenvalue weighted by atomic mass is 9.99. The molecule has 0 saturated carbocycles. The highest BCUT2D eigenvalue weighted by atomic mass is 16.7. The van der Waals surface area contributed by atoms with Crippen molar-refractivity contribution < 1.29 is 19.2 Å². The smallest absolute Gasteiger partial charge is 0.340 e. The lowest BCUT2D eigenvalue weighted by Gasteiger charge is -2.37. The number of likely N-dealkylation sites (tertiary alicyclic amines) is 1. The second-order valence-electron chi connectivity index (χ2n) is 7.36. The number of nitrogens with one attached hydrogen (secondary N) is 1. The standard InChI is InChI=1S/C15H29N3O4/c1-14(2,3)21-13(20)15(4,5)22-17-10-7-8-11(12(16)19)18(6)9-10/h10-11,17H,7-9H2,1-6H3,(H2,16,19)/t10-,11+/m1/s1. The quantitative estimate of drug-likeness (QED) is 0.569. The van der Waals surface area contributed by atoms with Crippen molar-refractivity contribution >= 4 is 11.9 Å². The predicted molar refractivity (Wildman–Crippen MR) is 82.8 cm³/mol. The van der Waals surface area contributed by atoms with Gasteiger partial charge in [0.1, 0.15) is 5.60 Å². The number of rotatable bonds is 5. The van der Waals surface area contributed by atoms with Gasteiger partial charge < -0.3 is 10.5 Å². The third kappa shape index (κ3) is 5.55.